The quantitative estimate of drug-likeness (QED) is 0.153. The molecule has 0 amide bonds. The van der Waals surface area contributed by atoms with Gasteiger partial charge in [-0.05, 0) is 129 Å². The van der Waals surface area contributed by atoms with E-state index in [2.05, 4.69) is 224 Å². The SMILES string of the molecule is COc1c(C)cc(C)cc1-c1nc2c(-c3cc(-c4ccccc4)cc(-c4cc(-c5ccccc5)ccn4)c3)cccc2n1-c1cc(C(C)(C)C)ccc1-c1ccc(C(C)(C)C)cc1. The number of benzene rings is 7. The van der Waals surface area contributed by atoms with Crippen LogP contribution in [0.3, 0.4) is 0 Å². The van der Waals surface area contributed by atoms with E-state index < -0.39 is 0 Å². The van der Waals surface area contributed by atoms with Gasteiger partial charge in [-0.1, -0.05) is 157 Å². The van der Waals surface area contributed by atoms with Crippen molar-refractivity contribution in [3.05, 3.63) is 192 Å². The molecule has 0 aliphatic carbocycles. The van der Waals surface area contributed by atoms with E-state index in [1.165, 1.54) is 11.1 Å². The van der Waals surface area contributed by atoms with Gasteiger partial charge >= 0.3 is 0 Å². The summed E-state index contributed by atoms with van der Waals surface area (Å²) in [5.74, 6) is 1.65. The molecule has 9 rings (SSSR count). The number of aromatic nitrogens is 3. The van der Waals surface area contributed by atoms with Crippen LogP contribution in [0.1, 0.15) is 63.8 Å². The highest BCUT2D eigenvalue weighted by Crippen LogP contribution is 2.44. The molecule has 9 aromatic rings. The highest BCUT2D eigenvalue weighted by Gasteiger charge is 2.26. The summed E-state index contributed by atoms with van der Waals surface area (Å²) in [6, 6.07) is 59.3. The van der Waals surface area contributed by atoms with Crippen LogP contribution in [-0.2, 0) is 10.8 Å². The van der Waals surface area contributed by atoms with Gasteiger partial charge in [0.25, 0.3) is 0 Å². The van der Waals surface area contributed by atoms with E-state index in [4.69, 9.17) is 14.7 Å². The highest BCUT2D eigenvalue weighted by atomic mass is 16.5. The molecule has 0 unspecified atom stereocenters. The van der Waals surface area contributed by atoms with E-state index in [9.17, 15) is 0 Å². The van der Waals surface area contributed by atoms with Crippen LogP contribution in [0.25, 0.3) is 83.9 Å². The van der Waals surface area contributed by atoms with Gasteiger partial charge in [-0.25, -0.2) is 4.98 Å². The van der Waals surface area contributed by atoms with Gasteiger partial charge in [-0.15, -0.1) is 0 Å². The van der Waals surface area contributed by atoms with Crippen LogP contribution in [0.2, 0.25) is 0 Å². The van der Waals surface area contributed by atoms with Crippen LogP contribution in [0.15, 0.2) is 170 Å². The van der Waals surface area contributed by atoms with Crippen molar-refractivity contribution >= 4 is 11.0 Å². The van der Waals surface area contributed by atoms with Crippen molar-refractivity contribution in [2.45, 2.75) is 66.2 Å². The Bertz CT molecular complexity index is 3110. The third-order valence-electron chi connectivity index (χ3n) is 12.2. The van der Waals surface area contributed by atoms with Crippen LogP contribution in [0, 0.1) is 13.8 Å². The molecule has 4 nitrogen and oxygen atoms in total. The van der Waals surface area contributed by atoms with Gasteiger partial charge in [0.15, 0.2) is 0 Å². The summed E-state index contributed by atoms with van der Waals surface area (Å²) >= 11 is 0. The molecule has 0 spiro atoms. The Kier molecular flexibility index (Phi) is 10.7. The molecule has 312 valence electrons. The zero-order chi connectivity index (χ0) is 44.0. The fourth-order valence-electron chi connectivity index (χ4n) is 8.85. The molecule has 0 aliphatic rings. The van der Waals surface area contributed by atoms with Gasteiger partial charge in [0.1, 0.15) is 11.6 Å². The molecule has 0 N–H and O–H groups in total. The summed E-state index contributed by atoms with van der Waals surface area (Å²) in [4.78, 5) is 10.7. The van der Waals surface area contributed by atoms with Crippen LogP contribution >= 0.6 is 0 Å². The number of fused-ring (bicyclic) bond motifs is 1. The monoisotopic (exact) mass is 821 g/mol. The average Bonchev–Trinajstić information content (AvgIpc) is 3.68. The van der Waals surface area contributed by atoms with Crippen molar-refractivity contribution in [2.24, 2.45) is 0 Å². The molecule has 4 heteroatoms. The standard InChI is InChI=1S/C59H55N3O/c1-38-31-39(2)56(63-9)51(32-38)57-61-55-50(45-33-44(41-19-14-11-15-20-41)34-46(35-45)52-36-43(29-30-60-52)40-17-12-10-13-18-40)21-16-22-53(55)62(57)54-37-48(59(6,7)8)27-28-49(54)42-23-25-47(26-24-42)58(3,4)5/h10-37H,1-9H3. The van der Waals surface area contributed by atoms with Gasteiger partial charge < -0.3 is 4.74 Å². The smallest absolute Gasteiger partial charge is 0.149 e. The minimum absolute atomic E-state index is 0.0413. The number of nitrogens with zero attached hydrogens (tertiary/aromatic N) is 3. The first-order valence-electron chi connectivity index (χ1n) is 21.9. The predicted molar refractivity (Wildman–Crippen MR) is 265 cm³/mol. The first kappa shape index (κ1) is 41.3. The molecule has 0 aliphatic heterocycles. The third kappa shape index (κ3) is 8.10. The van der Waals surface area contributed by atoms with Crippen molar-refractivity contribution in [1.29, 1.82) is 0 Å². The van der Waals surface area contributed by atoms with Crippen molar-refractivity contribution < 1.29 is 4.74 Å². The summed E-state index contributed by atoms with van der Waals surface area (Å²) in [7, 11) is 1.76. The third-order valence-corrected chi connectivity index (χ3v) is 12.2. The number of aryl methyl sites for hydroxylation is 2. The molecule has 0 saturated carbocycles. The summed E-state index contributed by atoms with van der Waals surface area (Å²) in [6.07, 6.45) is 1.92. The van der Waals surface area contributed by atoms with E-state index in [1.54, 1.807) is 7.11 Å². The normalized spacial score (nSPS) is 11.9. The Labute approximate surface area is 372 Å². The minimum atomic E-state index is -0.0944. The number of ether oxygens (including phenoxy) is 1. The zero-order valence-corrected chi connectivity index (χ0v) is 37.9. The Balaban J connectivity index is 1.34. The molecular weight excluding hydrogens is 767 g/mol. The number of hydrogen-bond donors (Lipinski definition) is 0. The van der Waals surface area contributed by atoms with Crippen molar-refractivity contribution in [1.82, 2.24) is 14.5 Å². The predicted octanol–water partition coefficient (Wildman–Crippen LogP) is 15.6. The molecule has 2 aromatic heterocycles. The van der Waals surface area contributed by atoms with Gasteiger partial charge in [0.2, 0.25) is 0 Å². The lowest BCUT2D eigenvalue weighted by Gasteiger charge is -2.24. The van der Waals surface area contributed by atoms with Gasteiger partial charge in [-0.2, -0.15) is 0 Å². The molecule has 0 bridgehead atoms. The minimum Gasteiger partial charge on any atom is -0.496 e. The van der Waals surface area contributed by atoms with Crippen LogP contribution in [0.5, 0.6) is 5.75 Å². The lowest BCUT2D eigenvalue weighted by molar-refractivity contribution is 0.413. The molecular formula is C59H55N3O. The maximum atomic E-state index is 6.24. The summed E-state index contributed by atoms with van der Waals surface area (Å²) in [5.41, 5.74) is 19.5. The van der Waals surface area contributed by atoms with E-state index in [0.717, 1.165) is 101 Å². The average molecular weight is 822 g/mol. The van der Waals surface area contributed by atoms with E-state index >= 15 is 0 Å². The second kappa shape index (κ2) is 16.3. The molecule has 0 saturated heterocycles. The first-order chi connectivity index (χ1) is 30.3. The van der Waals surface area contributed by atoms with Crippen molar-refractivity contribution in [2.75, 3.05) is 7.11 Å². The number of pyridine rings is 1. The first-order valence-corrected chi connectivity index (χ1v) is 21.9. The van der Waals surface area contributed by atoms with Crippen molar-refractivity contribution in [3.63, 3.8) is 0 Å². The fourth-order valence-corrected chi connectivity index (χ4v) is 8.85. The number of hydrogen-bond acceptors (Lipinski definition) is 3. The Hall–Kier alpha value is -7.04. The van der Waals surface area contributed by atoms with Gasteiger partial charge in [0.05, 0.1) is 35.1 Å². The lowest BCUT2D eigenvalue weighted by Crippen LogP contribution is -2.13. The number of rotatable bonds is 8. The fraction of sp³-hybridized carbons (Fsp3) is 0.186. The molecule has 0 fully saturated rings. The summed E-state index contributed by atoms with van der Waals surface area (Å²) < 4.78 is 8.62. The molecule has 2 heterocycles. The van der Waals surface area contributed by atoms with Crippen LogP contribution in [0.4, 0.5) is 0 Å². The Morgan fingerprint density at radius 1 is 0.476 bits per heavy atom. The molecule has 7 aromatic carbocycles. The summed E-state index contributed by atoms with van der Waals surface area (Å²) in [6.45, 7) is 17.9. The van der Waals surface area contributed by atoms with E-state index in [-0.39, 0.29) is 10.8 Å². The van der Waals surface area contributed by atoms with E-state index in [0.29, 0.717) is 0 Å². The lowest BCUT2D eigenvalue weighted by atomic mass is 9.84. The largest absolute Gasteiger partial charge is 0.496 e. The number of para-hydroxylation sites is 1. The second-order valence-electron chi connectivity index (χ2n) is 18.9. The van der Waals surface area contributed by atoms with Gasteiger partial charge in [-0.3, -0.25) is 9.55 Å². The highest BCUT2D eigenvalue weighted by molar-refractivity contribution is 5.98. The van der Waals surface area contributed by atoms with Gasteiger partial charge in [0, 0.05) is 22.9 Å². The van der Waals surface area contributed by atoms with Crippen LogP contribution < -0.4 is 4.74 Å². The number of methoxy groups -OCH3 is 1. The molecule has 0 radical (unpaired) electrons. The Morgan fingerprint density at radius 3 is 1.78 bits per heavy atom. The number of imidazole rings is 1. The maximum Gasteiger partial charge on any atom is 0.149 e. The molecule has 63 heavy (non-hydrogen) atoms. The topological polar surface area (TPSA) is 39.9 Å². The van der Waals surface area contributed by atoms with E-state index in [1.807, 2.05) is 6.20 Å². The second-order valence-corrected chi connectivity index (χ2v) is 18.9. The molecule has 0 atom stereocenters. The zero-order valence-electron chi connectivity index (χ0n) is 37.9. The summed E-state index contributed by atoms with van der Waals surface area (Å²) in [5, 5.41) is 0. The van der Waals surface area contributed by atoms with Crippen molar-refractivity contribution in [3.8, 4) is 78.6 Å². The maximum absolute atomic E-state index is 6.24. The van der Waals surface area contributed by atoms with Crippen LogP contribution in [-0.4, -0.2) is 21.6 Å². The Morgan fingerprint density at radius 2 is 1.11 bits per heavy atom.